The minimum Gasteiger partial charge on any atom is -0.345 e. The van der Waals surface area contributed by atoms with Crippen LogP contribution in [0.2, 0.25) is 0 Å². The molecule has 0 aliphatic carbocycles. The predicted molar refractivity (Wildman–Crippen MR) is 66.4 cm³/mol. The number of nitrogens with two attached hydrogens (primary N) is 1. The van der Waals surface area contributed by atoms with E-state index >= 15 is 0 Å². The van der Waals surface area contributed by atoms with Gasteiger partial charge in [-0.2, -0.15) is 5.10 Å². The number of aromatic nitrogens is 3. The van der Waals surface area contributed by atoms with E-state index in [1.165, 1.54) is 6.20 Å². The zero-order valence-electron chi connectivity index (χ0n) is 9.92. The van der Waals surface area contributed by atoms with Gasteiger partial charge in [0, 0.05) is 19.4 Å². The smallest absolute Gasteiger partial charge is 0.270 e. The number of hydrazine groups is 1. The standard InChI is InChI=1S/C11H14N6O/c1-17-5-3-9(16-17)7-14-11(18)10-6-8(15-12)2-4-13-10/h2-6H,7,12H2,1H3,(H,13,15)(H,14,18). The molecule has 0 fully saturated rings. The van der Waals surface area contributed by atoms with E-state index < -0.39 is 0 Å². The Balaban J connectivity index is 1.99. The van der Waals surface area contributed by atoms with E-state index in [0.717, 1.165) is 5.69 Å². The highest BCUT2D eigenvalue weighted by Crippen LogP contribution is 2.06. The summed E-state index contributed by atoms with van der Waals surface area (Å²) < 4.78 is 1.68. The van der Waals surface area contributed by atoms with Gasteiger partial charge < -0.3 is 10.7 Å². The van der Waals surface area contributed by atoms with Crippen molar-refractivity contribution in [1.29, 1.82) is 0 Å². The van der Waals surface area contributed by atoms with Gasteiger partial charge in [-0.05, 0) is 18.2 Å². The van der Waals surface area contributed by atoms with E-state index in [4.69, 9.17) is 5.84 Å². The monoisotopic (exact) mass is 246 g/mol. The van der Waals surface area contributed by atoms with Crippen molar-refractivity contribution in [2.45, 2.75) is 6.54 Å². The van der Waals surface area contributed by atoms with Crippen LogP contribution >= 0.6 is 0 Å². The second-order valence-corrected chi connectivity index (χ2v) is 3.74. The number of pyridine rings is 1. The number of hydrogen-bond acceptors (Lipinski definition) is 5. The molecule has 2 heterocycles. The van der Waals surface area contributed by atoms with Gasteiger partial charge in [-0.1, -0.05) is 0 Å². The second-order valence-electron chi connectivity index (χ2n) is 3.74. The van der Waals surface area contributed by atoms with Gasteiger partial charge in [0.15, 0.2) is 0 Å². The maximum absolute atomic E-state index is 11.8. The van der Waals surface area contributed by atoms with Crippen molar-refractivity contribution in [2.24, 2.45) is 12.9 Å². The van der Waals surface area contributed by atoms with E-state index in [9.17, 15) is 4.79 Å². The van der Waals surface area contributed by atoms with Crippen molar-refractivity contribution in [1.82, 2.24) is 20.1 Å². The molecule has 0 saturated heterocycles. The molecule has 7 heteroatoms. The Morgan fingerprint density at radius 3 is 3.00 bits per heavy atom. The zero-order valence-corrected chi connectivity index (χ0v) is 9.92. The molecular formula is C11H14N6O. The van der Waals surface area contributed by atoms with Gasteiger partial charge in [0.25, 0.3) is 5.91 Å². The van der Waals surface area contributed by atoms with Crippen molar-refractivity contribution in [3.05, 3.63) is 42.0 Å². The van der Waals surface area contributed by atoms with E-state index in [1.54, 1.807) is 16.8 Å². The Morgan fingerprint density at radius 2 is 2.33 bits per heavy atom. The van der Waals surface area contributed by atoms with Crippen molar-refractivity contribution >= 4 is 11.6 Å². The number of nitrogen functional groups attached to an aromatic ring is 1. The molecule has 18 heavy (non-hydrogen) atoms. The van der Waals surface area contributed by atoms with Gasteiger partial charge in [0.05, 0.1) is 17.9 Å². The molecule has 0 saturated carbocycles. The molecule has 7 nitrogen and oxygen atoms in total. The van der Waals surface area contributed by atoms with Gasteiger partial charge in [-0.25, -0.2) is 0 Å². The third-order valence-electron chi connectivity index (χ3n) is 2.36. The summed E-state index contributed by atoms with van der Waals surface area (Å²) in [6, 6.07) is 5.09. The van der Waals surface area contributed by atoms with E-state index in [2.05, 4.69) is 20.8 Å². The minimum atomic E-state index is -0.266. The topological polar surface area (TPSA) is 97.9 Å². The van der Waals surface area contributed by atoms with Gasteiger partial charge in [0.2, 0.25) is 0 Å². The largest absolute Gasteiger partial charge is 0.345 e. The lowest BCUT2D eigenvalue weighted by Crippen LogP contribution is -2.24. The molecular weight excluding hydrogens is 232 g/mol. The Morgan fingerprint density at radius 1 is 1.50 bits per heavy atom. The van der Waals surface area contributed by atoms with Crippen LogP contribution in [-0.4, -0.2) is 20.7 Å². The highest BCUT2D eigenvalue weighted by molar-refractivity contribution is 5.92. The summed E-state index contributed by atoms with van der Waals surface area (Å²) in [4.78, 5) is 15.8. The number of carbonyl (C=O) groups is 1. The molecule has 2 aromatic heterocycles. The van der Waals surface area contributed by atoms with Gasteiger partial charge >= 0.3 is 0 Å². The van der Waals surface area contributed by atoms with Crippen LogP contribution in [0.25, 0.3) is 0 Å². The van der Waals surface area contributed by atoms with Crippen LogP contribution in [0, 0.1) is 0 Å². The fourth-order valence-electron chi connectivity index (χ4n) is 1.46. The van der Waals surface area contributed by atoms with Crippen LogP contribution in [0.5, 0.6) is 0 Å². The van der Waals surface area contributed by atoms with Gasteiger partial charge in [-0.3, -0.25) is 20.3 Å². The predicted octanol–water partition coefficient (Wildman–Crippen LogP) is 0.0307. The number of aryl methyl sites for hydroxylation is 1. The maximum Gasteiger partial charge on any atom is 0.270 e. The van der Waals surface area contributed by atoms with Crippen LogP contribution in [0.1, 0.15) is 16.2 Å². The first-order valence-corrected chi connectivity index (χ1v) is 5.38. The summed E-state index contributed by atoms with van der Waals surface area (Å²) in [6.45, 7) is 0.363. The number of anilines is 1. The summed E-state index contributed by atoms with van der Waals surface area (Å²) >= 11 is 0. The lowest BCUT2D eigenvalue weighted by Gasteiger charge is -2.04. The van der Waals surface area contributed by atoms with Crippen LogP contribution in [0.3, 0.4) is 0 Å². The quantitative estimate of drug-likeness (QED) is 0.522. The summed E-state index contributed by atoms with van der Waals surface area (Å²) in [5, 5.41) is 6.89. The van der Waals surface area contributed by atoms with Crippen molar-refractivity contribution in [2.75, 3.05) is 5.43 Å². The minimum absolute atomic E-state index is 0.266. The van der Waals surface area contributed by atoms with Crippen molar-refractivity contribution in [3.8, 4) is 0 Å². The van der Waals surface area contributed by atoms with Crippen molar-refractivity contribution < 1.29 is 4.79 Å². The summed E-state index contributed by atoms with van der Waals surface area (Å²) in [5.41, 5.74) is 4.19. The Labute approximate surface area is 104 Å². The van der Waals surface area contributed by atoms with E-state index in [0.29, 0.717) is 17.9 Å². The number of hydrogen-bond donors (Lipinski definition) is 3. The molecule has 94 valence electrons. The van der Waals surface area contributed by atoms with E-state index in [1.807, 2.05) is 19.3 Å². The third kappa shape index (κ3) is 2.83. The summed E-state index contributed by atoms with van der Waals surface area (Å²) in [7, 11) is 1.82. The number of carbonyl (C=O) groups excluding carboxylic acids is 1. The highest BCUT2D eigenvalue weighted by Gasteiger charge is 2.08. The molecule has 2 rings (SSSR count). The Bertz CT molecular complexity index is 550. The Hall–Kier alpha value is -2.41. The fraction of sp³-hybridized carbons (Fsp3) is 0.182. The van der Waals surface area contributed by atoms with Crippen LogP contribution in [0.4, 0.5) is 5.69 Å². The molecule has 0 aliphatic heterocycles. The first-order valence-electron chi connectivity index (χ1n) is 5.38. The average molecular weight is 246 g/mol. The molecule has 0 radical (unpaired) electrons. The normalized spacial score (nSPS) is 10.1. The average Bonchev–Trinajstić information content (AvgIpc) is 2.82. The van der Waals surface area contributed by atoms with Crippen LogP contribution in [-0.2, 0) is 13.6 Å². The molecule has 2 aromatic rings. The fourth-order valence-corrected chi connectivity index (χ4v) is 1.46. The Kier molecular flexibility index (Phi) is 3.54. The second kappa shape index (κ2) is 5.28. The summed E-state index contributed by atoms with van der Waals surface area (Å²) in [6.07, 6.45) is 3.34. The first-order chi connectivity index (χ1) is 8.69. The molecule has 0 bridgehead atoms. The zero-order chi connectivity index (χ0) is 13.0. The molecule has 0 spiro atoms. The number of nitrogens with one attached hydrogen (secondary N) is 2. The third-order valence-corrected chi connectivity index (χ3v) is 2.36. The lowest BCUT2D eigenvalue weighted by molar-refractivity contribution is 0.0945. The number of rotatable bonds is 4. The van der Waals surface area contributed by atoms with E-state index in [-0.39, 0.29) is 5.91 Å². The number of nitrogens with zero attached hydrogens (tertiary/aromatic N) is 3. The molecule has 0 unspecified atom stereocenters. The van der Waals surface area contributed by atoms with Gasteiger partial charge in [0.1, 0.15) is 5.69 Å². The van der Waals surface area contributed by atoms with Crippen LogP contribution in [0.15, 0.2) is 30.6 Å². The maximum atomic E-state index is 11.8. The summed E-state index contributed by atoms with van der Waals surface area (Å²) in [5.74, 6) is 5.00. The molecule has 1 amide bonds. The SMILES string of the molecule is Cn1ccc(CNC(=O)c2cc(NN)ccn2)n1. The molecule has 4 N–H and O–H groups in total. The number of amides is 1. The van der Waals surface area contributed by atoms with Gasteiger partial charge in [-0.15, -0.1) is 0 Å². The van der Waals surface area contributed by atoms with Crippen LogP contribution < -0.4 is 16.6 Å². The molecule has 0 atom stereocenters. The molecule has 0 aromatic carbocycles. The highest BCUT2D eigenvalue weighted by atomic mass is 16.1. The first kappa shape index (κ1) is 12.1. The van der Waals surface area contributed by atoms with Crippen molar-refractivity contribution in [3.63, 3.8) is 0 Å². The molecule has 0 aliphatic rings. The lowest BCUT2D eigenvalue weighted by atomic mass is 10.3.